The topological polar surface area (TPSA) is 21.3 Å². The summed E-state index contributed by atoms with van der Waals surface area (Å²) in [5.74, 6) is 1.08. The number of fused-ring (bicyclic) bond motifs is 1. The smallest absolute Gasteiger partial charge is 0.122 e. The molecule has 2 aliphatic rings. The summed E-state index contributed by atoms with van der Waals surface area (Å²) in [6, 6.07) is 6.61. The van der Waals surface area contributed by atoms with Gasteiger partial charge in [-0.05, 0) is 35.4 Å². The molecule has 1 N–H and O–H groups in total. The van der Waals surface area contributed by atoms with Crippen LogP contribution in [0.25, 0.3) is 0 Å². The lowest BCUT2D eigenvalue weighted by Crippen LogP contribution is -2.29. The zero-order chi connectivity index (χ0) is 12.4. The molecule has 0 radical (unpaired) electrons. The van der Waals surface area contributed by atoms with Crippen molar-refractivity contribution in [1.82, 2.24) is 5.32 Å². The van der Waals surface area contributed by atoms with Crippen molar-refractivity contribution in [3.8, 4) is 5.75 Å². The highest BCUT2D eigenvalue weighted by atomic mass is 16.5. The highest BCUT2D eigenvalue weighted by Gasteiger charge is 2.27. The maximum absolute atomic E-state index is 5.53. The lowest BCUT2D eigenvalue weighted by molar-refractivity contribution is 0.314. The van der Waals surface area contributed by atoms with E-state index in [2.05, 4.69) is 30.4 Å². The van der Waals surface area contributed by atoms with Crippen molar-refractivity contribution >= 4 is 0 Å². The summed E-state index contributed by atoms with van der Waals surface area (Å²) < 4.78 is 5.53. The quantitative estimate of drug-likeness (QED) is 0.879. The lowest BCUT2D eigenvalue weighted by Gasteiger charge is -2.23. The van der Waals surface area contributed by atoms with Crippen molar-refractivity contribution < 1.29 is 4.74 Å². The minimum Gasteiger partial charge on any atom is -0.493 e. The van der Waals surface area contributed by atoms with Crippen molar-refractivity contribution in [1.29, 1.82) is 0 Å². The molecule has 0 unspecified atom stereocenters. The van der Waals surface area contributed by atoms with Gasteiger partial charge in [-0.1, -0.05) is 31.9 Å². The van der Waals surface area contributed by atoms with Gasteiger partial charge in [-0.25, -0.2) is 0 Å². The first-order valence-electron chi connectivity index (χ1n) is 7.21. The van der Waals surface area contributed by atoms with Crippen LogP contribution in [0.3, 0.4) is 0 Å². The van der Waals surface area contributed by atoms with Crippen LogP contribution in [0, 0.1) is 5.41 Å². The van der Waals surface area contributed by atoms with E-state index in [-0.39, 0.29) is 0 Å². The van der Waals surface area contributed by atoms with Crippen LogP contribution >= 0.6 is 0 Å². The van der Waals surface area contributed by atoms with Crippen LogP contribution in [0.1, 0.15) is 43.7 Å². The van der Waals surface area contributed by atoms with Crippen molar-refractivity contribution in [2.45, 2.75) is 45.6 Å². The predicted molar refractivity (Wildman–Crippen MR) is 73.9 cm³/mol. The molecule has 1 fully saturated rings. The molecule has 1 aliphatic carbocycles. The molecule has 1 aromatic carbocycles. The Bertz CT molecular complexity index is 421. The Kier molecular flexibility index (Phi) is 3.29. The Labute approximate surface area is 110 Å². The Morgan fingerprint density at radius 2 is 2.11 bits per heavy atom. The van der Waals surface area contributed by atoms with Gasteiger partial charge in [0.05, 0.1) is 6.61 Å². The second-order valence-corrected chi connectivity index (χ2v) is 6.16. The first-order chi connectivity index (χ1) is 8.75. The third-order valence-corrected chi connectivity index (χ3v) is 4.45. The van der Waals surface area contributed by atoms with Gasteiger partial charge in [-0.2, -0.15) is 0 Å². The average Bonchev–Trinajstić information content (AvgIpc) is 2.97. The molecule has 2 heteroatoms. The third-order valence-electron chi connectivity index (χ3n) is 4.45. The molecule has 98 valence electrons. The zero-order valence-corrected chi connectivity index (χ0v) is 11.3. The van der Waals surface area contributed by atoms with E-state index < -0.39 is 0 Å². The van der Waals surface area contributed by atoms with Gasteiger partial charge in [0.1, 0.15) is 5.75 Å². The summed E-state index contributed by atoms with van der Waals surface area (Å²) in [7, 11) is 0. The molecule has 0 amide bonds. The highest BCUT2D eigenvalue weighted by Crippen LogP contribution is 2.36. The maximum Gasteiger partial charge on any atom is 0.122 e. The number of ether oxygens (including phenoxy) is 1. The second kappa shape index (κ2) is 4.93. The minimum absolute atomic E-state index is 0.542. The first kappa shape index (κ1) is 12.0. The van der Waals surface area contributed by atoms with Crippen molar-refractivity contribution in [3.05, 3.63) is 29.3 Å². The Balaban J connectivity index is 1.54. The summed E-state index contributed by atoms with van der Waals surface area (Å²) >= 11 is 0. The number of hydrogen-bond acceptors (Lipinski definition) is 2. The molecule has 0 aromatic heterocycles. The summed E-state index contributed by atoms with van der Waals surface area (Å²) in [5, 5.41) is 3.63. The molecule has 2 nitrogen and oxygen atoms in total. The second-order valence-electron chi connectivity index (χ2n) is 6.16. The van der Waals surface area contributed by atoms with Gasteiger partial charge in [0.15, 0.2) is 0 Å². The Morgan fingerprint density at radius 3 is 2.94 bits per heavy atom. The normalized spacial score (nSPS) is 20.7. The summed E-state index contributed by atoms with van der Waals surface area (Å²) in [6.07, 6.45) is 6.67. The largest absolute Gasteiger partial charge is 0.493 e. The van der Waals surface area contributed by atoms with Crippen LogP contribution in [0.15, 0.2) is 18.2 Å². The summed E-state index contributed by atoms with van der Waals surface area (Å²) in [6.45, 7) is 5.41. The highest BCUT2D eigenvalue weighted by molar-refractivity contribution is 5.39. The van der Waals surface area contributed by atoms with Gasteiger partial charge in [-0.15, -0.1) is 0 Å². The Morgan fingerprint density at radius 1 is 1.28 bits per heavy atom. The average molecular weight is 245 g/mol. The van der Waals surface area contributed by atoms with Crippen LogP contribution < -0.4 is 10.1 Å². The van der Waals surface area contributed by atoms with Gasteiger partial charge in [0, 0.05) is 19.5 Å². The Hall–Kier alpha value is -1.02. The summed E-state index contributed by atoms with van der Waals surface area (Å²) in [4.78, 5) is 0. The van der Waals surface area contributed by atoms with Crippen molar-refractivity contribution in [2.24, 2.45) is 5.41 Å². The minimum atomic E-state index is 0.542. The van der Waals surface area contributed by atoms with E-state index in [1.807, 2.05) is 0 Å². The van der Waals surface area contributed by atoms with Crippen LogP contribution in [0.4, 0.5) is 0 Å². The van der Waals surface area contributed by atoms with Crippen LogP contribution in [0.5, 0.6) is 5.75 Å². The molecular formula is C16H23NO. The van der Waals surface area contributed by atoms with Crippen molar-refractivity contribution in [2.75, 3.05) is 13.2 Å². The molecule has 18 heavy (non-hydrogen) atoms. The molecule has 0 bridgehead atoms. The van der Waals surface area contributed by atoms with Crippen LogP contribution in [-0.4, -0.2) is 13.2 Å². The van der Waals surface area contributed by atoms with Crippen LogP contribution in [0.2, 0.25) is 0 Å². The summed E-state index contributed by atoms with van der Waals surface area (Å²) in [5.41, 5.74) is 3.31. The monoisotopic (exact) mass is 245 g/mol. The van der Waals surface area contributed by atoms with Crippen molar-refractivity contribution in [3.63, 3.8) is 0 Å². The molecule has 1 saturated carbocycles. The number of nitrogens with one attached hydrogen (secondary N) is 1. The number of benzene rings is 1. The van der Waals surface area contributed by atoms with E-state index in [1.165, 1.54) is 36.8 Å². The first-order valence-corrected chi connectivity index (χ1v) is 7.21. The van der Waals surface area contributed by atoms with Gasteiger partial charge in [0.2, 0.25) is 0 Å². The fourth-order valence-electron chi connectivity index (χ4n) is 3.26. The lowest BCUT2D eigenvalue weighted by atomic mass is 9.89. The van der Waals surface area contributed by atoms with E-state index in [0.717, 1.165) is 31.9 Å². The maximum atomic E-state index is 5.53. The van der Waals surface area contributed by atoms with E-state index in [9.17, 15) is 0 Å². The molecule has 0 saturated heterocycles. The fourth-order valence-corrected chi connectivity index (χ4v) is 3.26. The predicted octanol–water partition coefficient (Wildman–Crippen LogP) is 3.29. The zero-order valence-electron chi connectivity index (χ0n) is 11.3. The standard InChI is InChI=1S/C16H23NO/c1-16(7-2-3-8-16)12-17-11-13-4-5-15-14(10-13)6-9-18-15/h4-5,10,17H,2-3,6-9,11-12H2,1H3. The van der Waals surface area contributed by atoms with Gasteiger partial charge >= 0.3 is 0 Å². The molecule has 3 rings (SSSR count). The molecule has 0 spiro atoms. The number of hydrogen-bond donors (Lipinski definition) is 1. The number of rotatable bonds is 4. The molecule has 1 aliphatic heterocycles. The molecular weight excluding hydrogens is 222 g/mol. The SMILES string of the molecule is CC1(CNCc2ccc3c(c2)CCO3)CCCC1. The van der Waals surface area contributed by atoms with E-state index in [4.69, 9.17) is 4.74 Å². The molecule has 1 aromatic rings. The van der Waals surface area contributed by atoms with E-state index in [0.29, 0.717) is 5.41 Å². The van der Waals surface area contributed by atoms with E-state index >= 15 is 0 Å². The third kappa shape index (κ3) is 2.54. The van der Waals surface area contributed by atoms with Gasteiger partial charge in [0.25, 0.3) is 0 Å². The molecule has 1 heterocycles. The van der Waals surface area contributed by atoms with Crippen LogP contribution in [-0.2, 0) is 13.0 Å². The van der Waals surface area contributed by atoms with Gasteiger partial charge < -0.3 is 10.1 Å². The van der Waals surface area contributed by atoms with Gasteiger partial charge in [-0.3, -0.25) is 0 Å². The van der Waals surface area contributed by atoms with E-state index in [1.54, 1.807) is 0 Å². The molecule has 0 atom stereocenters. The fraction of sp³-hybridized carbons (Fsp3) is 0.625.